The number of likely N-dealkylation sites (tertiary alicyclic amines) is 1. The highest BCUT2D eigenvalue weighted by Crippen LogP contribution is 2.36. The number of aryl methyl sites for hydroxylation is 1. The van der Waals surface area contributed by atoms with Crippen LogP contribution in [0.15, 0.2) is 42.7 Å². The fraction of sp³-hybridized carbons (Fsp3) is 0.368. The lowest BCUT2D eigenvalue weighted by Gasteiger charge is -2.24. The molecule has 1 saturated heterocycles. The fourth-order valence-corrected chi connectivity index (χ4v) is 4.76. The van der Waals surface area contributed by atoms with E-state index in [-0.39, 0.29) is 17.9 Å². The predicted molar refractivity (Wildman–Crippen MR) is 100 cm³/mol. The van der Waals surface area contributed by atoms with Gasteiger partial charge in [0.2, 0.25) is 5.91 Å². The number of carbonyl (C=O) groups is 1. The molecule has 5 nitrogen and oxygen atoms in total. The molecule has 0 bridgehead atoms. The summed E-state index contributed by atoms with van der Waals surface area (Å²) in [6, 6.07) is 10.8. The molecule has 2 atom stereocenters. The van der Waals surface area contributed by atoms with Crippen molar-refractivity contribution in [2.45, 2.75) is 19.0 Å². The van der Waals surface area contributed by atoms with Crippen LogP contribution in [0, 0.1) is 5.92 Å². The average Bonchev–Trinajstić information content (AvgIpc) is 3.26. The highest BCUT2D eigenvalue weighted by atomic mass is 32.1. The summed E-state index contributed by atoms with van der Waals surface area (Å²) in [7, 11) is 3.81. The molecule has 2 aromatic heterocycles. The van der Waals surface area contributed by atoms with E-state index in [1.54, 1.807) is 4.68 Å². The maximum Gasteiger partial charge on any atom is 0.223 e. The standard InChI is InChI=1S/C19H22N4OS/c1-22-12-15(10-21-22)19-14(8-18(24)23(19)2)9-20-11-16-7-13-5-3-4-6-17(13)25-16/h3-7,10,12,14,19-20H,8-9,11H2,1-2H3/t14-,19+/m0/s1. The molecule has 1 aromatic carbocycles. The first kappa shape index (κ1) is 16.3. The minimum Gasteiger partial charge on any atom is -0.338 e. The Morgan fingerprint density at radius 3 is 2.92 bits per heavy atom. The first-order valence-electron chi connectivity index (χ1n) is 8.54. The van der Waals surface area contributed by atoms with Gasteiger partial charge in [-0.1, -0.05) is 18.2 Å². The zero-order valence-electron chi connectivity index (χ0n) is 14.5. The van der Waals surface area contributed by atoms with Crippen molar-refractivity contribution in [2.75, 3.05) is 13.6 Å². The maximum absolute atomic E-state index is 12.2. The number of aromatic nitrogens is 2. The minimum absolute atomic E-state index is 0.108. The van der Waals surface area contributed by atoms with E-state index in [4.69, 9.17) is 0 Å². The van der Waals surface area contributed by atoms with E-state index >= 15 is 0 Å². The van der Waals surface area contributed by atoms with Crippen molar-refractivity contribution in [1.82, 2.24) is 20.0 Å². The Bertz CT molecular complexity index is 867. The second-order valence-electron chi connectivity index (χ2n) is 6.74. The summed E-state index contributed by atoms with van der Waals surface area (Å²) >= 11 is 1.83. The number of thiophene rings is 1. The van der Waals surface area contributed by atoms with Crippen LogP contribution >= 0.6 is 11.3 Å². The second kappa shape index (κ2) is 6.61. The predicted octanol–water partition coefficient (Wildman–Crippen LogP) is 2.94. The molecular weight excluding hydrogens is 332 g/mol. The van der Waals surface area contributed by atoms with Gasteiger partial charge >= 0.3 is 0 Å². The van der Waals surface area contributed by atoms with Gasteiger partial charge in [-0.2, -0.15) is 5.10 Å². The monoisotopic (exact) mass is 354 g/mol. The van der Waals surface area contributed by atoms with Crippen molar-refractivity contribution in [3.63, 3.8) is 0 Å². The minimum atomic E-state index is 0.108. The number of amides is 1. The van der Waals surface area contributed by atoms with E-state index in [2.05, 4.69) is 40.7 Å². The molecule has 1 aliphatic heterocycles. The Labute approximate surface area is 151 Å². The second-order valence-corrected chi connectivity index (χ2v) is 7.91. The fourth-order valence-electron chi connectivity index (χ4n) is 3.73. The van der Waals surface area contributed by atoms with Gasteiger partial charge in [-0.05, 0) is 17.5 Å². The van der Waals surface area contributed by atoms with E-state index in [0.29, 0.717) is 6.42 Å². The van der Waals surface area contributed by atoms with Gasteiger partial charge in [-0.25, -0.2) is 0 Å². The lowest BCUT2D eigenvalue weighted by atomic mass is 9.96. The summed E-state index contributed by atoms with van der Waals surface area (Å²) < 4.78 is 3.12. The van der Waals surface area contributed by atoms with Crippen molar-refractivity contribution in [2.24, 2.45) is 13.0 Å². The molecular formula is C19H22N4OS. The van der Waals surface area contributed by atoms with E-state index in [1.807, 2.05) is 42.7 Å². The number of rotatable bonds is 5. The van der Waals surface area contributed by atoms with Gasteiger partial charge < -0.3 is 10.2 Å². The number of hydrogen-bond acceptors (Lipinski definition) is 4. The zero-order valence-corrected chi connectivity index (χ0v) is 15.3. The molecule has 130 valence electrons. The van der Waals surface area contributed by atoms with Crippen LogP contribution in [0.2, 0.25) is 0 Å². The number of fused-ring (bicyclic) bond motifs is 1. The van der Waals surface area contributed by atoms with Crippen molar-refractivity contribution < 1.29 is 4.79 Å². The number of benzene rings is 1. The first-order chi connectivity index (χ1) is 12.1. The third kappa shape index (κ3) is 3.19. The summed E-state index contributed by atoms with van der Waals surface area (Å²) in [6.45, 7) is 1.66. The molecule has 6 heteroatoms. The van der Waals surface area contributed by atoms with E-state index in [1.165, 1.54) is 15.0 Å². The van der Waals surface area contributed by atoms with E-state index in [9.17, 15) is 4.79 Å². The third-order valence-electron chi connectivity index (χ3n) is 4.94. The molecule has 1 amide bonds. The highest BCUT2D eigenvalue weighted by Gasteiger charge is 2.38. The first-order valence-corrected chi connectivity index (χ1v) is 9.36. The van der Waals surface area contributed by atoms with Crippen molar-refractivity contribution >= 4 is 27.3 Å². The van der Waals surface area contributed by atoms with Crippen LogP contribution in [-0.4, -0.2) is 34.2 Å². The van der Waals surface area contributed by atoms with Crippen LogP contribution in [0.4, 0.5) is 0 Å². The Balaban J connectivity index is 1.43. The van der Waals surface area contributed by atoms with Crippen molar-refractivity contribution in [3.05, 3.63) is 53.2 Å². The molecule has 0 unspecified atom stereocenters. The molecule has 0 aliphatic carbocycles. The molecule has 0 radical (unpaired) electrons. The summed E-state index contributed by atoms with van der Waals surface area (Å²) in [6.07, 6.45) is 4.48. The molecule has 1 fully saturated rings. The van der Waals surface area contributed by atoms with Crippen LogP contribution < -0.4 is 5.32 Å². The Hall–Kier alpha value is -2.18. The largest absolute Gasteiger partial charge is 0.338 e. The average molecular weight is 354 g/mol. The summed E-state index contributed by atoms with van der Waals surface area (Å²) in [5, 5.41) is 9.12. The summed E-state index contributed by atoms with van der Waals surface area (Å²) in [5.41, 5.74) is 1.12. The van der Waals surface area contributed by atoms with Crippen molar-refractivity contribution in [1.29, 1.82) is 0 Å². The summed E-state index contributed by atoms with van der Waals surface area (Å²) in [4.78, 5) is 15.4. The number of nitrogens with one attached hydrogen (secondary N) is 1. The topological polar surface area (TPSA) is 50.2 Å². The summed E-state index contributed by atoms with van der Waals surface area (Å²) in [5.74, 6) is 0.485. The normalized spacial score (nSPS) is 20.7. The molecule has 0 spiro atoms. The SMILES string of the molecule is CN1C(=O)C[C@@H](CNCc2cc3ccccc3s2)[C@@H]1c1cnn(C)c1. The molecule has 3 aromatic rings. The maximum atomic E-state index is 12.2. The van der Waals surface area contributed by atoms with Crippen molar-refractivity contribution in [3.8, 4) is 0 Å². The molecule has 1 N–H and O–H groups in total. The molecule has 25 heavy (non-hydrogen) atoms. The van der Waals surface area contributed by atoms with Gasteiger partial charge in [0.1, 0.15) is 0 Å². The van der Waals surface area contributed by atoms with Gasteiger partial charge in [-0.15, -0.1) is 11.3 Å². The Kier molecular flexibility index (Phi) is 4.31. The van der Waals surface area contributed by atoms with E-state index in [0.717, 1.165) is 18.7 Å². The van der Waals surface area contributed by atoms with Crippen LogP contribution in [0.1, 0.15) is 22.9 Å². The van der Waals surface area contributed by atoms with Crippen LogP contribution in [0.5, 0.6) is 0 Å². The lowest BCUT2D eigenvalue weighted by molar-refractivity contribution is -0.127. The van der Waals surface area contributed by atoms with Gasteiger partial charge in [-0.3, -0.25) is 9.48 Å². The highest BCUT2D eigenvalue weighted by molar-refractivity contribution is 7.19. The quantitative estimate of drug-likeness (QED) is 0.766. The van der Waals surface area contributed by atoms with Gasteiger partial charge in [0.15, 0.2) is 0 Å². The lowest BCUT2D eigenvalue weighted by Crippen LogP contribution is -2.28. The van der Waals surface area contributed by atoms with Crippen LogP contribution in [0.25, 0.3) is 10.1 Å². The van der Waals surface area contributed by atoms with Gasteiger partial charge in [0, 0.05) is 60.9 Å². The zero-order chi connectivity index (χ0) is 17.4. The smallest absolute Gasteiger partial charge is 0.223 e. The van der Waals surface area contributed by atoms with Crippen LogP contribution in [0.3, 0.4) is 0 Å². The van der Waals surface area contributed by atoms with Gasteiger partial charge in [0.05, 0.1) is 12.2 Å². The number of hydrogen-bond donors (Lipinski definition) is 1. The third-order valence-corrected chi connectivity index (χ3v) is 6.06. The molecule has 4 rings (SSSR count). The Morgan fingerprint density at radius 2 is 2.16 bits per heavy atom. The Morgan fingerprint density at radius 1 is 1.32 bits per heavy atom. The van der Waals surface area contributed by atoms with Crippen LogP contribution in [-0.2, 0) is 18.4 Å². The molecule has 3 heterocycles. The number of carbonyl (C=O) groups excluding carboxylic acids is 1. The number of nitrogens with zero attached hydrogens (tertiary/aromatic N) is 3. The van der Waals surface area contributed by atoms with Gasteiger partial charge in [0.25, 0.3) is 0 Å². The molecule has 1 aliphatic rings. The molecule has 0 saturated carbocycles. The van der Waals surface area contributed by atoms with E-state index < -0.39 is 0 Å².